The summed E-state index contributed by atoms with van der Waals surface area (Å²) in [5, 5.41) is 3.68. The van der Waals surface area contributed by atoms with Crippen LogP contribution < -0.4 is 5.32 Å². The van der Waals surface area contributed by atoms with E-state index in [4.69, 9.17) is 4.74 Å². The number of nitrogens with one attached hydrogen (secondary N) is 1. The van der Waals surface area contributed by atoms with Crippen LogP contribution in [-0.2, 0) is 4.74 Å². The summed E-state index contributed by atoms with van der Waals surface area (Å²) in [7, 11) is 0. The SMILES string of the molecule is CCCNC(C1=CCCO1)C1CCC(C)C1. The summed E-state index contributed by atoms with van der Waals surface area (Å²) in [6.07, 6.45) is 8.71. The van der Waals surface area contributed by atoms with Crippen molar-refractivity contribution >= 4 is 0 Å². The molecule has 2 aliphatic rings. The Bertz CT molecular complexity index is 249. The van der Waals surface area contributed by atoms with Crippen molar-refractivity contribution in [1.29, 1.82) is 0 Å². The summed E-state index contributed by atoms with van der Waals surface area (Å²) in [4.78, 5) is 0. The quantitative estimate of drug-likeness (QED) is 0.773. The maximum atomic E-state index is 5.76. The van der Waals surface area contributed by atoms with E-state index >= 15 is 0 Å². The molecule has 1 aliphatic heterocycles. The molecule has 0 bridgehead atoms. The lowest BCUT2D eigenvalue weighted by Gasteiger charge is -2.25. The van der Waals surface area contributed by atoms with Gasteiger partial charge in [0.05, 0.1) is 12.6 Å². The molecule has 3 unspecified atom stereocenters. The van der Waals surface area contributed by atoms with Gasteiger partial charge in [-0.15, -0.1) is 0 Å². The van der Waals surface area contributed by atoms with Crippen LogP contribution in [0.25, 0.3) is 0 Å². The van der Waals surface area contributed by atoms with E-state index in [1.807, 2.05) is 0 Å². The fraction of sp³-hybridized carbons (Fsp3) is 0.857. The van der Waals surface area contributed by atoms with Crippen LogP contribution in [0.15, 0.2) is 11.8 Å². The van der Waals surface area contributed by atoms with E-state index in [1.165, 1.54) is 31.4 Å². The molecular weight excluding hydrogens is 198 g/mol. The second-order valence-electron chi connectivity index (χ2n) is 5.35. The minimum Gasteiger partial charge on any atom is -0.496 e. The number of ether oxygens (including phenoxy) is 1. The summed E-state index contributed by atoms with van der Waals surface area (Å²) in [5.41, 5.74) is 0. The average molecular weight is 223 g/mol. The molecule has 3 atom stereocenters. The summed E-state index contributed by atoms with van der Waals surface area (Å²) in [6.45, 7) is 6.60. The molecule has 0 radical (unpaired) electrons. The summed E-state index contributed by atoms with van der Waals surface area (Å²) in [5.74, 6) is 2.93. The molecule has 2 nitrogen and oxygen atoms in total. The smallest absolute Gasteiger partial charge is 0.109 e. The average Bonchev–Trinajstić information content (AvgIpc) is 2.91. The van der Waals surface area contributed by atoms with Crippen molar-refractivity contribution in [1.82, 2.24) is 5.32 Å². The Morgan fingerprint density at radius 3 is 2.94 bits per heavy atom. The van der Waals surface area contributed by atoms with Crippen LogP contribution in [0.4, 0.5) is 0 Å². The van der Waals surface area contributed by atoms with E-state index in [0.29, 0.717) is 6.04 Å². The highest BCUT2D eigenvalue weighted by atomic mass is 16.5. The summed E-state index contributed by atoms with van der Waals surface area (Å²) >= 11 is 0. The fourth-order valence-corrected chi connectivity index (χ4v) is 3.01. The largest absolute Gasteiger partial charge is 0.496 e. The number of hydrogen-bond donors (Lipinski definition) is 1. The Labute approximate surface area is 99.4 Å². The van der Waals surface area contributed by atoms with Crippen LogP contribution in [0.3, 0.4) is 0 Å². The van der Waals surface area contributed by atoms with Gasteiger partial charge in [-0.3, -0.25) is 0 Å². The molecule has 1 heterocycles. The second-order valence-corrected chi connectivity index (χ2v) is 5.35. The van der Waals surface area contributed by atoms with Gasteiger partial charge < -0.3 is 10.1 Å². The van der Waals surface area contributed by atoms with Crippen LogP contribution in [-0.4, -0.2) is 19.2 Å². The topological polar surface area (TPSA) is 21.3 Å². The molecule has 0 aromatic heterocycles. The first-order valence-electron chi connectivity index (χ1n) is 6.87. The monoisotopic (exact) mass is 223 g/mol. The van der Waals surface area contributed by atoms with Gasteiger partial charge in [0.25, 0.3) is 0 Å². The van der Waals surface area contributed by atoms with Crippen molar-refractivity contribution < 1.29 is 4.74 Å². The molecule has 16 heavy (non-hydrogen) atoms. The van der Waals surface area contributed by atoms with Crippen LogP contribution in [0.1, 0.15) is 46.0 Å². The fourth-order valence-electron chi connectivity index (χ4n) is 3.01. The zero-order chi connectivity index (χ0) is 11.4. The van der Waals surface area contributed by atoms with E-state index in [1.54, 1.807) is 0 Å². The maximum Gasteiger partial charge on any atom is 0.109 e. The minimum atomic E-state index is 0.493. The lowest BCUT2D eigenvalue weighted by atomic mass is 9.95. The van der Waals surface area contributed by atoms with Crippen molar-refractivity contribution in [2.75, 3.05) is 13.2 Å². The van der Waals surface area contributed by atoms with Gasteiger partial charge in [-0.1, -0.05) is 20.3 Å². The molecule has 1 aliphatic carbocycles. The van der Waals surface area contributed by atoms with Crippen molar-refractivity contribution in [2.45, 2.75) is 52.0 Å². The normalized spacial score (nSPS) is 31.2. The first-order chi connectivity index (χ1) is 7.81. The molecule has 2 rings (SSSR count). The Morgan fingerprint density at radius 1 is 1.50 bits per heavy atom. The Balaban J connectivity index is 1.96. The van der Waals surface area contributed by atoms with Gasteiger partial charge in [-0.2, -0.15) is 0 Å². The predicted molar refractivity (Wildman–Crippen MR) is 67.2 cm³/mol. The van der Waals surface area contributed by atoms with Gasteiger partial charge in [0.1, 0.15) is 5.76 Å². The Morgan fingerprint density at radius 2 is 2.38 bits per heavy atom. The van der Waals surface area contributed by atoms with E-state index < -0.39 is 0 Å². The van der Waals surface area contributed by atoms with Crippen LogP contribution in [0.5, 0.6) is 0 Å². The molecular formula is C14H25NO. The van der Waals surface area contributed by atoms with E-state index in [2.05, 4.69) is 25.2 Å². The van der Waals surface area contributed by atoms with Crippen molar-refractivity contribution in [2.24, 2.45) is 11.8 Å². The molecule has 92 valence electrons. The molecule has 0 amide bonds. The first-order valence-corrected chi connectivity index (χ1v) is 6.87. The molecule has 1 N–H and O–H groups in total. The van der Waals surface area contributed by atoms with Gasteiger partial charge in [-0.25, -0.2) is 0 Å². The van der Waals surface area contributed by atoms with Gasteiger partial charge in [-0.05, 0) is 43.7 Å². The molecule has 0 aromatic carbocycles. The highest BCUT2D eigenvalue weighted by molar-refractivity contribution is 5.10. The van der Waals surface area contributed by atoms with Gasteiger partial charge in [0, 0.05) is 6.42 Å². The third kappa shape index (κ3) is 2.79. The lowest BCUT2D eigenvalue weighted by molar-refractivity contribution is 0.192. The third-order valence-corrected chi connectivity index (χ3v) is 3.86. The standard InChI is InChI=1S/C14H25NO/c1-3-8-15-14(13-5-4-9-16-13)12-7-6-11(2)10-12/h5,11-12,14-15H,3-4,6-10H2,1-2H3. The highest BCUT2D eigenvalue weighted by Crippen LogP contribution is 2.35. The second kappa shape index (κ2) is 5.72. The van der Waals surface area contributed by atoms with Crippen molar-refractivity contribution in [3.05, 3.63) is 11.8 Å². The molecule has 2 heteroatoms. The van der Waals surface area contributed by atoms with E-state index in [-0.39, 0.29) is 0 Å². The van der Waals surface area contributed by atoms with Crippen molar-refractivity contribution in [3.63, 3.8) is 0 Å². The Hall–Kier alpha value is -0.500. The lowest BCUT2D eigenvalue weighted by Crippen LogP contribution is -2.37. The minimum absolute atomic E-state index is 0.493. The van der Waals surface area contributed by atoms with Gasteiger partial charge >= 0.3 is 0 Å². The Kier molecular flexibility index (Phi) is 4.28. The molecule has 1 fully saturated rings. The van der Waals surface area contributed by atoms with Crippen LogP contribution in [0.2, 0.25) is 0 Å². The van der Waals surface area contributed by atoms with Crippen molar-refractivity contribution in [3.8, 4) is 0 Å². The van der Waals surface area contributed by atoms with Gasteiger partial charge in [0.2, 0.25) is 0 Å². The molecule has 1 saturated carbocycles. The zero-order valence-electron chi connectivity index (χ0n) is 10.7. The molecule has 0 spiro atoms. The number of hydrogen-bond acceptors (Lipinski definition) is 2. The first kappa shape index (κ1) is 12.0. The molecule has 0 saturated heterocycles. The van der Waals surface area contributed by atoms with Crippen LogP contribution in [0, 0.1) is 11.8 Å². The zero-order valence-corrected chi connectivity index (χ0v) is 10.7. The predicted octanol–water partition coefficient (Wildman–Crippen LogP) is 3.10. The maximum absolute atomic E-state index is 5.76. The third-order valence-electron chi connectivity index (χ3n) is 3.86. The summed E-state index contributed by atoms with van der Waals surface area (Å²) in [6, 6.07) is 0.493. The highest BCUT2D eigenvalue weighted by Gasteiger charge is 2.32. The van der Waals surface area contributed by atoms with Crippen LogP contribution >= 0.6 is 0 Å². The summed E-state index contributed by atoms with van der Waals surface area (Å²) < 4.78 is 5.76. The van der Waals surface area contributed by atoms with E-state index in [0.717, 1.165) is 31.4 Å². The van der Waals surface area contributed by atoms with E-state index in [9.17, 15) is 0 Å². The van der Waals surface area contributed by atoms with Gasteiger partial charge in [0.15, 0.2) is 0 Å². The molecule has 0 aromatic rings. The number of rotatable bonds is 5.